The molecule has 0 aliphatic rings. The number of aldehydes is 1. The summed E-state index contributed by atoms with van der Waals surface area (Å²) in [5, 5.41) is 3.29. The molecule has 0 atom stereocenters. The maximum atomic E-state index is 12.7. The summed E-state index contributed by atoms with van der Waals surface area (Å²) in [5.74, 6) is -4.56. The molecular formula is C20H28F5NO. The summed E-state index contributed by atoms with van der Waals surface area (Å²) in [6.07, 6.45) is 1.39. The highest BCUT2D eigenvalue weighted by molar-refractivity contribution is 5.75. The van der Waals surface area contributed by atoms with E-state index in [2.05, 4.69) is 5.32 Å². The Hall–Kier alpha value is -1.66. The maximum Gasteiger partial charge on any atom is 0.453 e. The van der Waals surface area contributed by atoms with Gasteiger partial charge in [-0.2, -0.15) is 22.0 Å². The summed E-state index contributed by atoms with van der Waals surface area (Å²) < 4.78 is 61.4. The van der Waals surface area contributed by atoms with Crippen molar-refractivity contribution in [2.24, 2.45) is 0 Å². The van der Waals surface area contributed by atoms with Gasteiger partial charge in [0.15, 0.2) is 0 Å². The zero-order valence-electron chi connectivity index (χ0n) is 15.5. The lowest BCUT2D eigenvalue weighted by Gasteiger charge is -2.19. The smallest absolute Gasteiger partial charge is 0.385 e. The molecule has 2 nitrogen and oxygen atoms in total. The molecule has 0 saturated carbocycles. The quantitative estimate of drug-likeness (QED) is 0.209. The van der Waals surface area contributed by atoms with E-state index >= 15 is 0 Å². The van der Waals surface area contributed by atoms with Gasteiger partial charge in [0.2, 0.25) is 0 Å². The van der Waals surface area contributed by atoms with Crippen LogP contribution >= 0.6 is 0 Å². The number of carbonyl (C=O) groups is 1. The molecule has 0 unspecified atom stereocenters. The molecular weight excluding hydrogens is 365 g/mol. The number of carbonyl (C=O) groups excluding carboxylic acids is 1. The van der Waals surface area contributed by atoms with Crippen molar-refractivity contribution in [3.8, 4) is 0 Å². The van der Waals surface area contributed by atoms with Crippen LogP contribution in [0.25, 0.3) is 0 Å². The molecule has 0 bridgehead atoms. The Morgan fingerprint density at radius 2 is 1.22 bits per heavy atom. The SMILES string of the molecule is O=Cc1ccc(NCCCCCCCCCCCC(F)(F)C(F)(F)F)cc1. The highest BCUT2D eigenvalue weighted by Gasteiger charge is 2.56. The number of hydrogen-bond acceptors (Lipinski definition) is 2. The molecule has 27 heavy (non-hydrogen) atoms. The van der Waals surface area contributed by atoms with Crippen LogP contribution in [0.1, 0.15) is 74.6 Å². The minimum Gasteiger partial charge on any atom is -0.385 e. The lowest BCUT2D eigenvalue weighted by atomic mass is 10.0. The number of hydrogen-bond donors (Lipinski definition) is 1. The Kier molecular flexibility index (Phi) is 10.3. The highest BCUT2D eigenvalue weighted by atomic mass is 19.4. The van der Waals surface area contributed by atoms with Gasteiger partial charge in [-0.05, 0) is 37.1 Å². The minimum atomic E-state index is -5.43. The van der Waals surface area contributed by atoms with Crippen molar-refractivity contribution < 1.29 is 26.7 Å². The van der Waals surface area contributed by atoms with E-state index in [9.17, 15) is 26.7 Å². The first kappa shape index (κ1) is 23.4. The first-order valence-electron chi connectivity index (χ1n) is 9.50. The molecule has 0 aliphatic carbocycles. The molecule has 0 aromatic heterocycles. The lowest BCUT2D eigenvalue weighted by molar-refractivity contribution is -0.284. The number of alkyl halides is 5. The van der Waals surface area contributed by atoms with E-state index in [-0.39, 0.29) is 6.42 Å². The third-order valence-corrected chi connectivity index (χ3v) is 4.46. The van der Waals surface area contributed by atoms with Crippen LogP contribution in [0.2, 0.25) is 0 Å². The van der Waals surface area contributed by atoms with E-state index in [1.54, 1.807) is 12.1 Å². The van der Waals surface area contributed by atoms with E-state index in [0.717, 1.165) is 57.0 Å². The first-order valence-corrected chi connectivity index (χ1v) is 9.50. The van der Waals surface area contributed by atoms with Crippen molar-refractivity contribution in [1.82, 2.24) is 0 Å². The summed E-state index contributed by atoms with van der Waals surface area (Å²) >= 11 is 0. The zero-order valence-corrected chi connectivity index (χ0v) is 15.5. The second-order valence-electron chi connectivity index (χ2n) is 6.80. The van der Waals surface area contributed by atoms with Gasteiger partial charge in [-0.1, -0.05) is 44.9 Å². The van der Waals surface area contributed by atoms with Crippen molar-refractivity contribution in [2.45, 2.75) is 76.3 Å². The van der Waals surface area contributed by atoms with E-state index < -0.39 is 18.5 Å². The molecule has 0 heterocycles. The number of halogens is 5. The maximum absolute atomic E-state index is 12.7. The van der Waals surface area contributed by atoms with Gasteiger partial charge < -0.3 is 5.32 Å². The zero-order chi connectivity index (χ0) is 20.2. The van der Waals surface area contributed by atoms with Crippen LogP contribution in [0.4, 0.5) is 27.6 Å². The second-order valence-corrected chi connectivity index (χ2v) is 6.80. The number of anilines is 1. The Labute approximate surface area is 157 Å². The largest absolute Gasteiger partial charge is 0.453 e. The molecule has 0 fully saturated rings. The van der Waals surface area contributed by atoms with Crippen LogP contribution in [0, 0.1) is 0 Å². The minimum absolute atomic E-state index is 0.0913. The van der Waals surface area contributed by atoms with Crippen LogP contribution < -0.4 is 5.32 Å². The Morgan fingerprint density at radius 1 is 0.741 bits per heavy atom. The van der Waals surface area contributed by atoms with Crippen LogP contribution in [-0.4, -0.2) is 24.9 Å². The third-order valence-electron chi connectivity index (χ3n) is 4.46. The number of benzene rings is 1. The predicted molar refractivity (Wildman–Crippen MR) is 97.5 cm³/mol. The monoisotopic (exact) mass is 393 g/mol. The van der Waals surface area contributed by atoms with Gasteiger partial charge in [0.1, 0.15) is 6.29 Å². The summed E-state index contributed by atoms with van der Waals surface area (Å²) in [6, 6.07) is 7.27. The van der Waals surface area contributed by atoms with E-state index in [1.807, 2.05) is 12.1 Å². The molecule has 0 aliphatic heterocycles. The summed E-state index contributed by atoms with van der Waals surface area (Å²) in [6.45, 7) is 0.855. The fourth-order valence-corrected chi connectivity index (χ4v) is 2.76. The molecule has 0 amide bonds. The molecule has 1 aromatic carbocycles. The molecule has 0 spiro atoms. The molecule has 1 N–H and O–H groups in total. The second kappa shape index (κ2) is 11.9. The summed E-state index contributed by atoms with van der Waals surface area (Å²) in [4.78, 5) is 10.6. The fourth-order valence-electron chi connectivity index (χ4n) is 2.76. The Morgan fingerprint density at radius 3 is 1.70 bits per heavy atom. The summed E-state index contributed by atoms with van der Waals surface area (Å²) in [5.41, 5.74) is 1.63. The topological polar surface area (TPSA) is 29.1 Å². The number of unbranched alkanes of at least 4 members (excludes halogenated alkanes) is 8. The first-order chi connectivity index (χ1) is 12.8. The fraction of sp³-hybridized carbons (Fsp3) is 0.650. The highest BCUT2D eigenvalue weighted by Crippen LogP contribution is 2.39. The van der Waals surface area contributed by atoms with Gasteiger partial charge in [-0.25, -0.2) is 0 Å². The van der Waals surface area contributed by atoms with Crippen molar-refractivity contribution in [3.63, 3.8) is 0 Å². The average Bonchev–Trinajstić information content (AvgIpc) is 2.62. The van der Waals surface area contributed by atoms with Crippen LogP contribution in [0.15, 0.2) is 24.3 Å². The van der Waals surface area contributed by atoms with Crippen molar-refractivity contribution in [1.29, 1.82) is 0 Å². The Balaban J connectivity index is 1.91. The van der Waals surface area contributed by atoms with Gasteiger partial charge in [0.25, 0.3) is 0 Å². The lowest BCUT2D eigenvalue weighted by Crippen LogP contribution is -2.36. The van der Waals surface area contributed by atoms with Crippen LogP contribution in [-0.2, 0) is 0 Å². The van der Waals surface area contributed by atoms with Gasteiger partial charge in [0, 0.05) is 24.2 Å². The average molecular weight is 393 g/mol. The van der Waals surface area contributed by atoms with Crippen molar-refractivity contribution in [2.75, 3.05) is 11.9 Å². The predicted octanol–water partition coefficient (Wildman–Crippen LogP) is 7.01. The van der Waals surface area contributed by atoms with Gasteiger partial charge >= 0.3 is 12.1 Å². The third kappa shape index (κ3) is 9.73. The molecule has 0 saturated heterocycles. The van der Waals surface area contributed by atoms with Crippen molar-refractivity contribution in [3.05, 3.63) is 29.8 Å². The molecule has 7 heteroatoms. The summed E-state index contributed by atoms with van der Waals surface area (Å²) in [7, 11) is 0. The van der Waals surface area contributed by atoms with Crippen molar-refractivity contribution >= 4 is 12.0 Å². The normalized spacial score (nSPS) is 12.2. The number of nitrogens with one attached hydrogen (secondary N) is 1. The standard InChI is InChI=1S/C20H28F5NO/c21-19(22,20(23,24)25)14-8-6-4-2-1-3-5-7-9-15-26-18-12-10-17(16-27)11-13-18/h10-13,16,26H,1-9,14-15H2. The van der Waals surface area contributed by atoms with E-state index in [0.29, 0.717) is 18.4 Å². The van der Waals surface area contributed by atoms with Gasteiger partial charge in [-0.3, -0.25) is 4.79 Å². The van der Waals surface area contributed by atoms with Crippen LogP contribution in [0.3, 0.4) is 0 Å². The number of rotatable bonds is 14. The van der Waals surface area contributed by atoms with Crippen LogP contribution in [0.5, 0.6) is 0 Å². The molecule has 154 valence electrons. The molecule has 0 radical (unpaired) electrons. The molecule has 1 aromatic rings. The Bertz CT molecular complexity index is 528. The molecule has 1 rings (SSSR count). The van der Waals surface area contributed by atoms with Gasteiger partial charge in [0.05, 0.1) is 0 Å². The van der Waals surface area contributed by atoms with E-state index in [1.165, 1.54) is 0 Å². The van der Waals surface area contributed by atoms with E-state index in [4.69, 9.17) is 0 Å². The van der Waals surface area contributed by atoms with Gasteiger partial charge in [-0.15, -0.1) is 0 Å².